The maximum atomic E-state index is 12.3. The highest BCUT2D eigenvalue weighted by Crippen LogP contribution is 2.12. The largest absolute Gasteiger partial charge is 0.458 e. The fourth-order valence-electron chi connectivity index (χ4n) is 5.23. The van der Waals surface area contributed by atoms with Gasteiger partial charge in [0, 0.05) is 26.1 Å². The van der Waals surface area contributed by atoms with Crippen LogP contribution < -0.4 is 0 Å². The molecule has 0 bridgehead atoms. The van der Waals surface area contributed by atoms with Crippen molar-refractivity contribution in [3.05, 3.63) is 24.3 Å². The second kappa shape index (κ2) is 37.8. The highest BCUT2D eigenvalue weighted by atomic mass is 16.7. The van der Waals surface area contributed by atoms with Gasteiger partial charge in [-0.25, -0.2) is 0 Å². The number of Topliss-reactive ketones (excluding diaryl/α,β-unsaturated/α-hetero) is 1. The van der Waals surface area contributed by atoms with E-state index in [1.165, 1.54) is 77.0 Å². The van der Waals surface area contributed by atoms with Gasteiger partial charge in [-0.1, -0.05) is 141 Å². The molecule has 0 amide bonds. The van der Waals surface area contributed by atoms with Crippen molar-refractivity contribution in [3.63, 3.8) is 0 Å². The van der Waals surface area contributed by atoms with Crippen molar-refractivity contribution in [2.75, 3.05) is 26.4 Å². The number of carbonyl (C=O) groups excluding carboxylic acids is 3. The molecule has 0 saturated carbocycles. The van der Waals surface area contributed by atoms with Gasteiger partial charge in [0.2, 0.25) is 5.78 Å². The molecule has 0 atom stereocenters. The molecule has 0 aromatic rings. The Kier molecular flexibility index (Phi) is 36.3. The average Bonchev–Trinajstić information content (AvgIpc) is 3.09. The van der Waals surface area contributed by atoms with E-state index in [1.54, 1.807) is 0 Å². The summed E-state index contributed by atoms with van der Waals surface area (Å²) in [6.45, 7) is 7.13. The average molecular weight is 679 g/mol. The zero-order valence-corrected chi connectivity index (χ0v) is 31.5. The van der Waals surface area contributed by atoms with Crippen LogP contribution in [0.4, 0.5) is 0 Å². The molecule has 0 spiro atoms. The number of allylic oxidation sites excluding steroid dienone is 4. The lowest BCUT2D eigenvalue weighted by Crippen LogP contribution is -2.23. The minimum absolute atomic E-state index is 0.109. The van der Waals surface area contributed by atoms with E-state index in [0.29, 0.717) is 26.1 Å². The topological polar surface area (TPSA) is 88.1 Å². The van der Waals surface area contributed by atoms with Crippen molar-refractivity contribution < 1.29 is 33.3 Å². The summed E-state index contributed by atoms with van der Waals surface area (Å²) in [5.74, 6) is -1.28. The summed E-state index contributed by atoms with van der Waals surface area (Å²) in [7, 11) is 0. The Bertz CT molecular complexity index is 774. The second-order valence-corrected chi connectivity index (χ2v) is 13.1. The molecule has 0 aliphatic heterocycles. The van der Waals surface area contributed by atoms with Crippen LogP contribution in [0, 0.1) is 0 Å². The van der Waals surface area contributed by atoms with Crippen LogP contribution in [0.25, 0.3) is 0 Å². The Balaban J connectivity index is 4.00. The number of ether oxygens (including phenoxy) is 4. The molecular formula is C41H74O7. The predicted octanol–water partition coefficient (Wildman–Crippen LogP) is 11.3. The van der Waals surface area contributed by atoms with Gasteiger partial charge in [-0.15, -0.1) is 0 Å². The molecule has 0 aromatic carbocycles. The molecule has 0 heterocycles. The molecule has 280 valence electrons. The monoisotopic (exact) mass is 679 g/mol. The van der Waals surface area contributed by atoms with Crippen LogP contribution in [-0.4, -0.2) is 50.4 Å². The minimum Gasteiger partial charge on any atom is -0.458 e. The van der Waals surface area contributed by atoms with E-state index in [-0.39, 0.29) is 19.0 Å². The van der Waals surface area contributed by atoms with Gasteiger partial charge in [0.25, 0.3) is 0 Å². The molecule has 0 unspecified atom stereocenters. The molecule has 7 nitrogen and oxygen atoms in total. The van der Waals surface area contributed by atoms with Gasteiger partial charge in [-0.2, -0.15) is 0 Å². The summed E-state index contributed by atoms with van der Waals surface area (Å²) in [4.78, 5) is 36.5. The quantitative estimate of drug-likeness (QED) is 0.0279. The molecular weight excluding hydrogens is 604 g/mol. The SMILES string of the molecule is CCCCC/C=C\C/C=C\CCCCCCCC(=O)OCC(=O)COC(=O)CCC(OCCCCCCCC)OCCCCCCCC. The van der Waals surface area contributed by atoms with Crippen molar-refractivity contribution in [1.29, 1.82) is 0 Å². The Morgan fingerprint density at radius 1 is 0.479 bits per heavy atom. The van der Waals surface area contributed by atoms with E-state index in [1.807, 2.05) is 0 Å². The van der Waals surface area contributed by atoms with Gasteiger partial charge in [0.05, 0.1) is 6.42 Å². The summed E-state index contributed by atoms with van der Waals surface area (Å²) in [5.41, 5.74) is 0. The molecule has 0 fully saturated rings. The van der Waals surface area contributed by atoms with E-state index in [2.05, 4.69) is 45.1 Å². The Morgan fingerprint density at radius 2 is 0.896 bits per heavy atom. The van der Waals surface area contributed by atoms with Crippen LogP contribution in [0.15, 0.2) is 24.3 Å². The predicted molar refractivity (Wildman–Crippen MR) is 198 cm³/mol. The summed E-state index contributed by atoms with van der Waals surface area (Å²) in [5, 5.41) is 0. The van der Waals surface area contributed by atoms with E-state index in [4.69, 9.17) is 18.9 Å². The maximum Gasteiger partial charge on any atom is 0.306 e. The van der Waals surface area contributed by atoms with Crippen molar-refractivity contribution >= 4 is 17.7 Å². The molecule has 0 aliphatic rings. The Morgan fingerprint density at radius 3 is 1.44 bits per heavy atom. The van der Waals surface area contributed by atoms with Gasteiger partial charge >= 0.3 is 11.9 Å². The Hall–Kier alpha value is -1.99. The number of hydrogen-bond donors (Lipinski definition) is 0. The first-order valence-electron chi connectivity index (χ1n) is 19.9. The fourth-order valence-corrected chi connectivity index (χ4v) is 5.23. The van der Waals surface area contributed by atoms with Crippen LogP contribution in [0.3, 0.4) is 0 Å². The zero-order chi connectivity index (χ0) is 35.2. The first kappa shape index (κ1) is 46.0. The van der Waals surface area contributed by atoms with Gasteiger partial charge in [0.1, 0.15) is 0 Å². The first-order valence-corrected chi connectivity index (χ1v) is 19.9. The molecule has 0 saturated heterocycles. The molecule has 7 heteroatoms. The van der Waals surface area contributed by atoms with E-state index < -0.39 is 24.6 Å². The molecule has 0 N–H and O–H groups in total. The second-order valence-electron chi connectivity index (χ2n) is 13.1. The van der Waals surface area contributed by atoms with Crippen molar-refractivity contribution in [2.45, 2.75) is 194 Å². The number of ketones is 1. The number of unbranched alkanes of at least 4 members (excludes halogenated alkanes) is 18. The highest BCUT2D eigenvalue weighted by molar-refractivity contribution is 5.85. The van der Waals surface area contributed by atoms with Gasteiger partial charge < -0.3 is 18.9 Å². The third kappa shape index (κ3) is 35.3. The number of rotatable bonds is 37. The maximum absolute atomic E-state index is 12.3. The molecule has 0 radical (unpaired) electrons. The zero-order valence-electron chi connectivity index (χ0n) is 31.5. The van der Waals surface area contributed by atoms with Crippen molar-refractivity contribution in [2.24, 2.45) is 0 Å². The molecule has 0 aliphatic carbocycles. The lowest BCUT2D eigenvalue weighted by Gasteiger charge is -2.18. The van der Waals surface area contributed by atoms with Crippen LogP contribution >= 0.6 is 0 Å². The molecule has 0 rings (SSSR count). The summed E-state index contributed by atoms with van der Waals surface area (Å²) < 4.78 is 22.2. The van der Waals surface area contributed by atoms with Crippen LogP contribution in [0.1, 0.15) is 188 Å². The summed E-state index contributed by atoms with van der Waals surface area (Å²) >= 11 is 0. The fraction of sp³-hybridized carbons (Fsp3) is 0.829. The summed E-state index contributed by atoms with van der Waals surface area (Å²) in [6, 6.07) is 0. The van der Waals surface area contributed by atoms with E-state index in [9.17, 15) is 14.4 Å². The molecule has 0 aromatic heterocycles. The van der Waals surface area contributed by atoms with Gasteiger partial charge in [-0.05, 0) is 51.4 Å². The van der Waals surface area contributed by atoms with Gasteiger partial charge in [0.15, 0.2) is 19.5 Å². The number of hydrogen-bond acceptors (Lipinski definition) is 7. The van der Waals surface area contributed by atoms with Crippen LogP contribution in [0.2, 0.25) is 0 Å². The normalized spacial score (nSPS) is 11.7. The number of esters is 2. The van der Waals surface area contributed by atoms with Crippen LogP contribution in [-0.2, 0) is 33.3 Å². The van der Waals surface area contributed by atoms with Crippen molar-refractivity contribution in [1.82, 2.24) is 0 Å². The van der Waals surface area contributed by atoms with E-state index >= 15 is 0 Å². The standard InChI is InChI=1S/C41H74O7/c1-4-7-10-13-16-17-18-19-20-21-22-23-24-25-28-31-39(43)47-36-38(42)37-48-40(44)32-33-41(45-34-29-26-14-11-8-5-2)46-35-30-27-15-12-9-6-3/h16-17,19-20,41H,4-15,18,21-37H2,1-3H3/b17-16-,20-19-. The summed E-state index contributed by atoms with van der Waals surface area (Å²) in [6.07, 6.45) is 35.9. The van der Waals surface area contributed by atoms with Crippen LogP contribution in [0.5, 0.6) is 0 Å². The minimum atomic E-state index is -0.476. The third-order valence-corrected chi connectivity index (χ3v) is 8.31. The van der Waals surface area contributed by atoms with Gasteiger partial charge in [-0.3, -0.25) is 14.4 Å². The van der Waals surface area contributed by atoms with Crippen molar-refractivity contribution in [3.8, 4) is 0 Å². The first-order chi connectivity index (χ1) is 23.5. The lowest BCUT2D eigenvalue weighted by atomic mass is 10.1. The highest BCUT2D eigenvalue weighted by Gasteiger charge is 2.15. The lowest BCUT2D eigenvalue weighted by molar-refractivity contribution is -0.161. The Labute approximate surface area is 295 Å². The smallest absolute Gasteiger partial charge is 0.306 e. The molecule has 48 heavy (non-hydrogen) atoms. The number of carbonyl (C=O) groups is 3. The van der Waals surface area contributed by atoms with E-state index in [0.717, 1.165) is 70.6 Å². The third-order valence-electron chi connectivity index (χ3n) is 8.31.